The van der Waals surface area contributed by atoms with Crippen LogP contribution >= 0.6 is 0 Å². The van der Waals surface area contributed by atoms with E-state index in [1.807, 2.05) is 0 Å². The summed E-state index contributed by atoms with van der Waals surface area (Å²) in [7, 11) is 0. The Morgan fingerprint density at radius 1 is 1.28 bits per heavy atom. The first kappa shape index (κ1) is 11.7. The number of hydrogen-bond donors (Lipinski definition) is 1. The molecule has 1 aromatic heterocycles. The Morgan fingerprint density at radius 3 is 2.83 bits per heavy atom. The van der Waals surface area contributed by atoms with Crippen molar-refractivity contribution in [3.8, 4) is 0 Å². The molecule has 0 radical (unpaired) electrons. The molecular formula is C16H20N2. The van der Waals surface area contributed by atoms with Crippen molar-refractivity contribution in [2.24, 2.45) is 5.92 Å². The highest BCUT2D eigenvalue weighted by Crippen LogP contribution is 2.27. The van der Waals surface area contributed by atoms with Gasteiger partial charge < -0.3 is 5.32 Å². The van der Waals surface area contributed by atoms with Crippen LogP contribution in [0.2, 0.25) is 0 Å². The van der Waals surface area contributed by atoms with Crippen molar-refractivity contribution in [2.45, 2.75) is 39.3 Å². The molecule has 1 fully saturated rings. The number of nitrogens with zero attached hydrogens (tertiary/aromatic N) is 1. The van der Waals surface area contributed by atoms with Gasteiger partial charge in [-0.3, -0.25) is 4.98 Å². The first-order chi connectivity index (χ1) is 8.72. The van der Waals surface area contributed by atoms with Gasteiger partial charge in [0.1, 0.15) is 0 Å². The molecule has 2 heteroatoms. The summed E-state index contributed by atoms with van der Waals surface area (Å²) < 4.78 is 0. The summed E-state index contributed by atoms with van der Waals surface area (Å²) in [5.74, 6) is 0.901. The van der Waals surface area contributed by atoms with Crippen LogP contribution in [0.5, 0.6) is 0 Å². The zero-order chi connectivity index (χ0) is 12.5. The van der Waals surface area contributed by atoms with E-state index in [0.29, 0.717) is 6.04 Å². The number of para-hydroxylation sites is 1. The standard InChI is InChI=1S/C16H20N2/c1-11-7-14(8-11)17-10-13-9-12(2)18-16-6-4-3-5-15(13)16/h3-6,9,11,14,17H,7-8,10H2,1-2H3. The van der Waals surface area contributed by atoms with Gasteiger partial charge in [0, 0.05) is 23.7 Å². The molecule has 1 N–H and O–H groups in total. The van der Waals surface area contributed by atoms with Gasteiger partial charge >= 0.3 is 0 Å². The van der Waals surface area contributed by atoms with Gasteiger partial charge in [0.15, 0.2) is 0 Å². The van der Waals surface area contributed by atoms with Crippen molar-refractivity contribution in [3.63, 3.8) is 0 Å². The maximum absolute atomic E-state index is 4.58. The van der Waals surface area contributed by atoms with Crippen LogP contribution in [0.4, 0.5) is 0 Å². The number of hydrogen-bond acceptors (Lipinski definition) is 2. The van der Waals surface area contributed by atoms with Gasteiger partial charge in [0.2, 0.25) is 0 Å². The van der Waals surface area contributed by atoms with Crippen molar-refractivity contribution in [3.05, 3.63) is 41.6 Å². The third-order valence-corrected chi connectivity index (χ3v) is 3.88. The number of aromatic nitrogens is 1. The van der Waals surface area contributed by atoms with Gasteiger partial charge in [0.25, 0.3) is 0 Å². The van der Waals surface area contributed by atoms with E-state index in [9.17, 15) is 0 Å². The predicted molar refractivity (Wildman–Crippen MR) is 75.5 cm³/mol. The minimum atomic E-state index is 0.715. The molecule has 0 unspecified atom stereocenters. The van der Waals surface area contributed by atoms with Crippen LogP contribution < -0.4 is 5.32 Å². The number of benzene rings is 1. The highest BCUT2D eigenvalue weighted by Gasteiger charge is 2.24. The normalized spacial score (nSPS) is 23.0. The van der Waals surface area contributed by atoms with Crippen LogP contribution in [0.3, 0.4) is 0 Å². The first-order valence-electron chi connectivity index (χ1n) is 6.81. The number of pyridine rings is 1. The van der Waals surface area contributed by atoms with E-state index in [1.165, 1.54) is 23.8 Å². The topological polar surface area (TPSA) is 24.9 Å². The van der Waals surface area contributed by atoms with Crippen molar-refractivity contribution < 1.29 is 0 Å². The monoisotopic (exact) mass is 240 g/mol. The molecular weight excluding hydrogens is 220 g/mol. The van der Waals surface area contributed by atoms with E-state index in [-0.39, 0.29) is 0 Å². The summed E-state index contributed by atoms with van der Waals surface area (Å²) in [6, 6.07) is 11.3. The number of nitrogens with one attached hydrogen (secondary N) is 1. The Balaban J connectivity index is 1.82. The molecule has 0 aliphatic heterocycles. The number of aryl methyl sites for hydroxylation is 1. The maximum atomic E-state index is 4.58. The molecule has 1 aliphatic carbocycles. The fourth-order valence-electron chi connectivity index (χ4n) is 2.86. The zero-order valence-electron chi connectivity index (χ0n) is 11.1. The molecule has 0 amide bonds. The smallest absolute Gasteiger partial charge is 0.0708 e. The lowest BCUT2D eigenvalue weighted by atomic mass is 9.82. The van der Waals surface area contributed by atoms with Crippen molar-refractivity contribution in [2.75, 3.05) is 0 Å². The summed E-state index contributed by atoms with van der Waals surface area (Å²) in [6.45, 7) is 5.35. The molecule has 3 rings (SSSR count). The summed E-state index contributed by atoms with van der Waals surface area (Å²) in [4.78, 5) is 4.58. The summed E-state index contributed by atoms with van der Waals surface area (Å²) in [5.41, 5.74) is 3.58. The third kappa shape index (κ3) is 2.25. The van der Waals surface area contributed by atoms with Gasteiger partial charge in [-0.05, 0) is 43.4 Å². The fourth-order valence-corrected chi connectivity index (χ4v) is 2.86. The van der Waals surface area contributed by atoms with E-state index in [4.69, 9.17) is 0 Å². The average Bonchev–Trinajstić information content (AvgIpc) is 2.32. The predicted octanol–water partition coefficient (Wildman–Crippen LogP) is 3.43. The van der Waals surface area contributed by atoms with Crippen LogP contribution in [-0.2, 0) is 6.54 Å². The van der Waals surface area contributed by atoms with Crippen LogP contribution in [0, 0.1) is 12.8 Å². The lowest BCUT2D eigenvalue weighted by Gasteiger charge is -2.33. The molecule has 0 bridgehead atoms. The Labute approximate surface area is 108 Å². The van der Waals surface area contributed by atoms with E-state index < -0.39 is 0 Å². The fraction of sp³-hybridized carbons (Fsp3) is 0.438. The highest BCUT2D eigenvalue weighted by molar-refractivity contribution is 5.82. The van der Waals surface area contributed by atoms with Crippen LogP contribution in [0.15, 0.2) is 30.3 Å². The molecule has 18 heavy (non-hydrogen) atoms. The van der Waals surface area contributed by atoms with E-state index in [0.717, 1.165) is 23.7 Å². The highest BCUT2D eigenvalue weighted by atomic mass is 14.9. The summed E-state index contributed by atoms with van der Waals surface area (Å²) in [6.07, 6.45) is 2.64. The Morgan fingerprint density at radius 2 is 2.06 bits per heavy atom. The van der Waals surface area contributed by atoms with Gasteiger partial charge in [-0.2, -0.15) is 0 Å². The average molecular weight is 240 g/mol. The van der Waals surface area contributed by atoms with Gasteiger partial charge in [-0.25, -0.2) is 0 Å². The first-order valence-corrected chi connectivity index (χ1v) is 6.81. The molecule has 94 valence electrons. The second-order valence-electron chi connectivity index (χ2n) is 5.59. The van der Waals surface area contributed by atoms with Gasteiger partial charge in [-0.15, -0.1) is 0 Å². The van der Waals surface area contributed by atoms with E-state index in [1.54, 1.807) is 0 Å². The molecule has 1 heterocycles. The number of fused-ring (bicyclic) bond motifs is 1. The van der Waals surface area contributed by atoms with Crippen molar-refractivity contribution in [1.82, 2.24) is 10.3 Å². The van der Waals surface area contributed by atoms with Crippen LogP contribution in [0.25, 0.3) is 10.9 Å². The lowest BCUT2D eigenvalue weighted by molar-refractivity contribution is 0.240. The Hall–Kier alpha value is -1.41. The van der Waals surface area contributed by atoms with Crippen molar-refractivity contribution in [1.29, 1.82) is 0 Å². The quantitative estimate of drug-likeness (QED) is 0.889. The molecule has 2 nitrogen and oxygen atoms in total. The maximum Gasteiger partial charge on any atom is 0.0708 e. The summed E-state index contributed by atoms with van der Waals surface area (Å²) >= 11 is 0. The molecule has 2 aromatic rings. The minimum Gasteiger partial charge on any atom is -0.310 e. The van der Waals surface area contributed by atoms with Crippen molar-refractivity contribution >= 4 is 10.9 Å². The molecule has 1 aliphatic rings. The van der Waals surface area contributed by atoms with E-state index >= 15 is 0 Å². The Kier molecular flexibility index (Phi) is 3.04. The van der Waals surface area contributed by atoms with Crippen LogP contribution in [0.1, 0.15) is 31.0 Å². The molecule has 0 atom stereocenters. The SMILES string of the molecule is Cc1cc(CNC2CC(C)C2)c2ccccc2n1. The molecule has 0 spiro atoms. The molecule has 1 aromatic carbocycles. The van der Waals surface area contributed by atoms with Crippen LogP contribution in [-0.4, -0.2) is 11.0 Å². The second-order valence-corrected chi connectivity index (χ2v) is 5.59. The largest absolute Gasteiger partial charge is 0.310 e. The Bertz CT molecular complexity index is 556. The lowest BCUT2D eigenvalue weighted by Crippen LogP contribution is -2.39. The van der Waals surface area contributed by atoms with Gasteiger partial charge in [0.05, 0.1) is 5.52 Å². The third-order valence-electron chi connectivity index (χ3n) is 3.88. The van der Waals surface area contributed by atoms with E-state index in [2.05, 4.69) is 54.5 Å². The number of rotatable bonds is 3. The minimum absolute atomic E-state index is 0.715. The zero-order valence-corrected chi connectivity index (χ0v) is 11.1. The van der Waals surface area contributed by atoms with Gasteiger partial charge in [-0.1, -0.05) is 25.1 Å². The molecule has 0 saturated heterocycles. The molecule has 1 saturated carbocycles. The summed E-state index contributed by atoms with van der Waals surface area (Å²) in [5, 5.41) is 4.94. The second kappa shape index (κ2) is 4.69.